The SMILES string of the molecule is CC1(C)C=c2cc3c(cc2=C1)-c1cc2c(cc1C3)C=CC2(C)C. The first-order chi connectivity index (χ1) is 10.8. The van der Waals surface area contributed by atoms with Crippen molar-refractivity contribution >= 4 is 18.2 Å². The minimum atomic E-state index is 0.158. The molecule has 3 aliphatic rings. The summed E-state index contributed by atoms with van der Waals surface area (Å²) < 4.78 is 0. The van der Waals surface area contributed by atoms with Crippen molar-refractivity contribution in [3.63, 3.8) is 0 Å². The monoisotopic (exact) mass is 298 g/mol. The van der Waals surface area contributed by atoms with E-state index in [1.54, 1.807) is 0 Å². The van der Waals surface area contributed by atoms with Crippen molar-refractivity contribution in [3.05, 3.63) is 63.0 Å². The predicted octanol–water partition coefficient (Wildman–Crippen LogP) is 4.16. The summed E-state index contributed by atoms with van der Waals surface area (Å²) in [5.41, 5.74) is 9.11. The van der Waals surface area contributed by atoms with Crippen LogP contribution < -0.4 is 10.4 Å². The minimum Gasteiger partial charge on any atom is -0.0739 e. The summed E-state index contributed by atoms with van der Waals surface area (Å²) in [5, 5.41) is 2.81. The van der Waals surface area contributed by atoms with Crippen LogP contribution in [0, 0.1) is 5.41 Å². The second kappa shape index (κ2) is 3.87. The fourth-order valence-electron chi connectivity index (χ4n) is 4.52. The van der Waals surface area contributed by atoms with Gasteiger partial charge in [-0.15, -0.1) is 0 Å². The van der Waals surface area contributed by atoms with E-state index in [0.717, 1.165) is 6.42 Å². The van der Waals surface area contributed by atoms with Crippen LogP contribution in [0.1, 0.15) is 49.9 Å². The largest absolute Gasteiger partial charge is 0.0739 e. The topological polar surface area (TPSA) is 0 Å². The smallest absolute Gasteiger partial charge is 0.00847 e. The Labute approximate surface area is 137 Å². The summed E-state index contributed by atoms with van der Waals surface area (Å²) in [7, 11) is 0. The van der Waals surface area contributed by atoms with Gasteiger partial charge in [0.25, 0.3) is 0 Å². The van der Waals surface area contributed by atoms with Crippen molar-refractivity contribution < 1.29 is 0 Å². The van der Waals surface area contributed by atoms with Crippen molar-refractivity contribution in [1.29, 1.82) is 0 Å². The maximum atomic E-state index is 2.45. The third kappa shape index (κ3) is 1.78. The Hall–Kier alpha value is -2.08. The first-order valence-corrected chi connectivity index (χ1v) is 8.58. The average molecular weight is 298 g/mol. The molecule has 0 saturated carbocycles. The molecule has 2 aromatic rings. The van der Waals surface area contributed by atoms with Crippen LogP contribution in [-0.2, 0) is 11.8 Å². The number of hydrogen-bond acceptors (Lipinski definition) is 0. The Bertz CT molecular complexity index is 1030. The summed E-state index contributed by atoms with van der Waals surface area (Å²) >= 11 is 0. The molecule has 23 heavy (non-hydrogen) atoms. The van der Waals surface area contributed by atoms with Crippen LogP contribution in [0.15, 0.2) is 30.3 Å². The van der Waals surface area contributed by atoms with Crippen LogP contribution in [0.2, 0.25) is 0 Å². The van der Waals surface area contributed by atoms with E-state index in [-0.39, 0.29) is 10.8 Å². The van der Waals surface area contributed by atoms with Gasteiger partial charge in [0.15, 0.2) is 0 Å². The van der Waals surface area contributed by atoms with Crippen molar-refractivity contribution in [2.45, 2.75) is 39.5 Å². The molecular formula is C23H22. The van der Waals surface area contributed by atoms with Gasteiger partial charge in [0.05, 0.1) is 0 Å². The third-order valence-electron chi connectivity index (χ3n) is 5.68. The molecule has 5 rings (SSSR count). The quantitative estimate of drug-likeness (QED) is 0.584. The number of rotatable bonds is 0. The van der Waals surface area contributed by atoms with Crippen molar-refractivity contribution in [2.75, 3.05) is 0 Å². The van der Waals surface area contributed by atoms with Gasteiger partial charge in [-0.25, -0.2) is 0 Å². The molecule has 0 aromatic heterocycles. The first kappa shape index (κ1) is 13.4. The lowest BCUT2D eigenvalue weighted by atomic mass is 9.85. The number of hydrogen-bond donors (Lipinski definition) is 0. The van der Waals surface area contributed by atoms with Gasteiger partial charge >= 0.3 is 0 Å². The highest BCUT2D eigenvalue weighted by Gasteiger charge is 2.29. The van der Waals surface area contributed by atoms with E-state index >= 15 is 0 Å². The number of allylic oxidation sites excluding steroid dienone is 1. The molecule has 0 nitrogen and oxygen atoms in total. The lowest BCUT2D eigenvalue weighted by molar-refractivity contribution is 0.683. The molecule has 0 radical (unpaired) electrons. The summed E-state index contributed by atoms with van der Waals surface area (Å²) in [5.74, 6) is 0. The van der Waals surface area contributed by atoms with Crippen LogP contribution in [0.4, 0.5) is 0 Å². The Morgan fingerprint density at radius 2 is 1.43 bits per heavy atom. The van der Waals surface area contributed by atoms with Gasteiger partial charge in [-0.1, -0.05) is 64.1 Å². The van der Waals surface area contributed by atoms with E-state index in [1.165, 1.54) is 43.8 Å². The molecule has 0 atom stereocenters. The van der Waals surface area contributed by atoms with E-state index in [1.807, 2.05) is 0 Å². The van der Waals surface area contributed by atoms with Crippen molar-refractivity contribution in [3.8, 4) is 11.1 Å². The molecule has 114 valence electrons. The standard InChI is InChI=1S/C23H22/c1-22(2)12-17-9-16-8-15-7-14-5-6-23(3,4)21(14)11-20(15)19(16)10-18(17)13-22/h5-7,9-13H,8H2,1-4H3. The molecule has 0 heterocycles. The molecule has 0 unspecified atom stereocenters. The highest BCUT2D eigenvalue weighted by molar-refractivity contribution is 5.82. The maximum absolute atomic E-state index is 2.45. The zero-order chi connectivity index (χ0) is 16.0. The van der Waals surface area contributed by atoms with Crippen molar-refractivity contribution in [1.82, 2.24) is 0 Å². The second-order valence-corrected chi connectivity index (χ2v) is 8.58. The van der Waals surface area contributed by atoms with Gasteiger partial charge in [-0.2, -0.15) is 0 Å². The van der Waals surface area contributed by atoms with Crippen molar-refractivity contribution in [2.24, 2.45) is 5.41 Å². The van der Waals surface area contributed by atoms with Crippen LogP contribution in [-0.4, -0.2) is 0 Å². The van der Waals surface area contributed by atoms with E-state index in [4.69, 9.17) is 0 Å². The van der Waals surface area contributed by atoms with E-state index < -0.39 is 0 Å². The van der Waals surface area contributed by atoms with Gasteiger partial charge in [0, 0.05) is 10.8 Å². The molecule has 0 fully saturated rings. The zero-order valence-corrected chi connectivity index (χ0v) is 14.3. The van der Waals surface area contributed by atoms with E-state index in [9.17, 15) is 0 Å². The Kier molecular flexibility index (Phi) is 2.25. The molecule has 0 saturated heterocycles. The normalized spacial score (nSPS) is 20.3. The molecule has 0 heteroatoms. The molecule has 0 N–H and O–H groups in total. The maximum Gasteiger partial charge on any atom is 0.00847 e. The van der Waals surface area contributed by atoms with Gasteiger partial charge in [0.1, 0.15) is 0 Å². The Morgan fingerprint density at radius 3 is 2.22 bits per heavy atom. The Balaban J connectivity index is 1.76. The van der Waals surface area contributed by atoms with E-state index in [0.29, 0.717) is 0 Å². The fourth-order valence-corrected chi connectivity index (χ4v) is 4.52. The second-order valence-electron chi connectivity index (χ2n) is 8.58. The first-order valence-electron chi connectivity index (χ1n) is 8.58. The van der Waals surface area contributed by atoms with Gasteiger partial charge in [-0.05, 0) is 62.4 Å². The zero-order valence-electron chi connectivity index (χ0n) is 14.3. The molecule has 0 spiro atoms. The summed E-state index contributed by atoms with van der Waals surface area (Å²) in [6.07, 6.45) is 10.5. The van der Waals surface area contributed by atoms with Crippen LogP contribution >= 0.6 is 0 Å². The molecule has 0 bridgehead atoms. The molecule has 3 aliphatic carbocycles. The Morgan fingerprint density at radius 1 is 0.783 bits per heavy atom. The number of benzene rings is 2. The summed E-state index contributed by atoms with van der Waals surface area (Å²) in [6.45, 7) is 9.19. The van der Waals surface area contributed by atoms with Gasteiger partial charge < -0.3 is 0 Å². The van der Waals surface area contributed by atoms with E-state index in [2.05, 4.69) is 76.3 Å². The number of fused-ring (bicyclic) bond motifs is 5. The molecule has 2 aromatic carbocycles. The van der Waals surface area contributed by atoms with Gasteiger partial charge in [-0.3, -0.25) is 0 Å². The lowest BCUT2D eigenvalue weighted by Crippen LogP contribution is -2.21. The predicted molar refractivity (Wildman–Crippen MR) is 98.7 cm³/mol. The summed E-state index contributed by atoms with van der Waals surface area (Å²) in [6, 6.07) is 9.70. The van der Waals surface area contributed by atoms with Crippen LogP contribution in [0.5, 0.6) is 0 Å². The highest BCUT2D eigenvalue weighted by atomic mass is 14.3. The third-order valence-corrected chi connectivity index (χ3v) is 5.68. The molecule has 0 amide bonds. The van der Waals surface area contributed by atoms with Crippen LogP contribution in [0.3, 0.4) is 0 Å². The average Bonchev–Trinajstić information content (AvgIpc) is 3.04. The highest BCUT2D eigenvalue weighted by Crippen LogP contribution is 2.43. The van der Waals surface area contributed by atoms with Gasteiger partial charge in [0.2, 0.25) is 0 Å². The fraction of sp³-hybridized carbons (Fsp3) is 0.304. The molecule has 0 aliphatic heterocycles. The summed E-state index contributed by atoms with van der Waals surface area (Å²) in [4.78, 5) is 0. The lowest BCUT2D eigenvalue weighted by Gasteiger charge is -2.19. The molecular weight excluding hydrogens is 276 g/mol. The van der Waals surface area contributed by atoms with Crippen LogP contribution in [0.25, 0.3) is 29.4 Å². The minimum absolute atomic E-state index is 0.158.